The van der Waals surface area contributed by atoms with Crippen molar-refractivity contribution in [3.05, 3.63) is 75.4 Å². The number of aromatic nitrogens is 3. The van der Waals surface area contributed by atoms with E-state index < -0.39 is 0 Å². The molecule has 3 N–H and O–H groups in total. The van der Waals surface area contributed by atoms with Gasteiger partial charge in [0.2, 0.25) is 0 Å². The third kappa shape index (κ3) is 4.97. The summed E-state index contributed by atoms with van der Waals surface area (Å²) in [4.78, 5) is 51.8. The van der Waals surface area contributed by atoms with Crippen LogP contribution < -0.4 is 21.5 Å². The summed E-state index contributed by atoms with van der Waals surface area (Å²) in [5, 5.41) is 3.30. The molecule has 212 valence electrons. The summed E-state index contributed by atoms with van der Waals surface area (Å²) < 4.78 is 3.55. The molecule has 6 rings (SSSR count). The van der Waals surface area contributed by atoms with E-state index >= 15 is 0 Å². The third-order valence-corrected chi connectivity index (χ3v) is 8.13. The number of hydrogen-bond acceptors (Lipinski definition) is 7. The van der Waals surface area contributed by atoms with Gasteiger partial charge in [0.1, 0.15) is 17.2 Å². The van der Waals surface area contributed by atoms with Crippen LogP contribution in [0.2, 0.25) is 0 Å². The van der Waals surface area contributed by atoms with E-state index in [9.17, 15) is 14.4 Å². The van der Waals surface area contributed by atoms with Crippen molar-refractivity contribution in [1.82, 2.24) is 24.3 Å². The molecule has 0 bridgehead atoms. The largest absolute Gasteiger partial charge is 0.386 e. The summed E-state index contributed by atoms with van der Waals surface area (Å²) in [7, 11) is 3.65. The van der Waals surface area contributed by atoms with Crippen molar-refractivity contribution < 1.29 is 9.59 Å². The zero-order valence-electron chi connectivity index (χ0n) is 23.4. The van der Waals surface area contributed by atoms with Gasteiger partial charge >= 0.3 is 0 Å². The summed E-state index contributed by atoms with van der Waals surface area (Å²) in [6.07, 6.45) is 11.5. The fraction of sp³-hybridized carbons (Fsp3) is 0.367. The summed E-state index contributed by atoms with van der Waals surface area (Å²) in [5.41, 5.74) is 12.0. The molecule has 3 aromatic rings. The van der Waals surface area contributed by atoms with E-state index in [1.807, 2.05) is 13.1 Å². The maximum atomic E-state index is 13.7. The van der Waals surface area contributed by atoms with Crippen LogP contribution in [0.3, 0.4) is 0 Å². The lowest BCUT2D eigenvalue weighted by Gasteiger charge is -2.30. The van der Waals surface area contributed by atoms with Crippen LogP contribution in [-0.2, 0) is 26.4 Å². The number of aldehydes is 1. The first kappa shape index (κ1) is 26.7. The second kappa shape index (κ2) is 10.8. The van der Waals surface area contributed by atoms with E-state index in [4.69, 9.17) is 5.73 Å². The number of rotatable bonds is 5. The highest BCUT2D eigenvalue weighted by Crippen LogP contribution is 2.34. The molecule has 1 fully saturated rings. The average Bonchev–Trinajstić information content (AvgIpc) is 3.35. The van der Waals surface area contributed by atoms with Crippen LogP contribution in [0, 0.1) is 0 Å². The van der Waals surface area contributed by atoms with Gasteiger partial charge in [-0.15, -0.1) is 0 Å². The van der Waals surface area contributed by atoms with Crippen LogP contribution >= 0.6 is 0 Å². The first-order valence-corrected chi connectivity index (χ1v) is 14.0. The number of carbonyl (C=O) groups excluding carboxylic acids is 2. The van der Waals surface area contributed by atoms with Gasteiger partial charge in [-0.2, -0.15) is 0 Å². The molecule has 41 heavy (non-hydrogen) atoms. The zero-order chi connectivity index (χ0) is 28.7. The minimum Gasteiger partial charge on any atom is -0.386 e. The van der Waals surface area contributed by atoms with Gasteiger partial charge in [-0.05, 0) is 50.4 Å². The average molecular weight is 555 g/mol. The van der Waals surface area contributed by atoms with E-state index in [0.717, 1.165) is 50.8 Å². The van der Waals surface area contributed by atoms with Gasteiger partial charge in [0, 0.05) is 86.3 Å². The Morgan fingerprint density at radius 3 is 2.73 bits per heavy atom. The Hall–Kier alpha value is -4.51. The molecule has 11 heteroatoms. The van der Waals surface area contributed by atoms with E-state index in [-0.39, 0.29) is 23.0 Å². The molecule has 1 saturated heterocycles. The minimum absolute atomic E-state index is 0.138. The maximum Gasteiger partial charge on any atom is 0.276 e. The molecule has 5 heterocycles. The predicted octanol–water partition coefficient (Wildman–Crippen LogP) is 2.01. The normalized spacial score (nSPS) is 18.7. The highest BCUT2D eigenvalue weighted by atomic mass is 16.2. The SMILES string of the molecule is CN1CCNC(=CC(N)=Nc2cc(-c3cncc(N4CCn5c(cc6c5CCCC6)C4=O)c3C=O)cn(C)c2=O)C1. The molecule has 1 aliphatic carbocycles. The number of nitrogens with zero attached hydrogens (tertiary/aromatic N) is 6. The van der Waals surface area contributed by atoms with E-state index in [1.54, 1.807) is 42.7 Å². The maximum absolute atomic E-state index is 13.7. The number of aliphatic imine (C=N–C) groups is 1. The van der Waals surface area contributed by atoms with Crippen molar-refractivity contribution in [2.24, 2.45) is 17.8 Å². The van der Waals surface area contributed by atoms with Gasteiger partial charge in [-0.25, -0.2) is 4.99 Å². The van der Waals surface area contributed by atoms with Crippen molar-refractivity contribution in [2.75, 3.05) is 38.1 Å². The number of piperazine rings is 1. The van der Waals surface area contributed by atoms with Crippen molar-refractivity contribution in [3.8, 4) is 11.1 Å². The number of nitrogens with one attached hydrogen (secondary N) is 1. The quantitative estimate of drug-likeness (QED) is 0.280. The van der Waals surface area contributed by atoms with Crippen molar-refractivity contribution >= 4 is 29.4 Å². The molecule has 3 aromatic heterocycles. The molecular weight excluding hydrogens is 520 g/mol. The number of carbonyl (C=O) groups is 2. The molecule has 0 saturated carbocycles. The lowest BCUT2D eigenvalue weighted by atomic mass is 9.98. The topological polar surface area (TPSA) is 131 Å². The first-order chi connectivity index (χ1) is 19.8. The molecular formula is C30H34N8O3. The lowest BCUT2D eigenvalue weighted by molar-refractivity contribution is 0.0964. The van der Waals surface area contributed by atoms with Crippen molar-refractivity contribution in [3.63, 3.8) is 0 Å². The standard InChI is InChI=1S/C30H34N8O3/c1-35-8-7-33-21(17-35)13-28(31)34-24-11-20(16-36(2)29(24)40)22-14-32-15-27(23(22)18-39)38-10-9-37-25-6-4-3-5-19(25)12-26(37)30(38)41/h11-16,18,33H,3-10,17H2,1-2H3,(H2,31,34). The van der Waals surface area contributed by atoms with Crippen LogP contribution in [0.15, 0.2) is 52.3 Å². The molecule has 0 spiro atoms. The summed E-state index contributed by atoms with van der Waals surface area (Å²) in [5.74, 6) is 0.0605. The Labute approximate surface area is 238 Å². The summed E-state index contributed by atoms with van der Waals surface area (Å²) in [6, 6.07) is 3.62. The Balaban J connectivity index is 1.36. The number of amidine groups is 1. The number of likely N-dealkylation sites (N-methyl/N-ethyl adjacent to an activating group) is 1. The Kier molecular flexibility index (Phi) is 7.04. The van der Waals surface area contributed by atoms with Gasteiger partial charge in [-0.1, -0.05) is 0 Å². The van der Waals surface area contributed by atoms with Crippen LogP contribution in [0.25, 0.3) is 11.1 Å². The number of fused-ring (bicyclic) bond motifs is 3. The smallest absolute Gasteiger partial charge is 0.276 e. The van der Waals surface area contributed by atoms with Gasteiger partial charge in [0.25, 0.3) is 11.5 Å². The molecule has 2 aliphatic heterocycles. The van der Waals surface area contributed by atoms with Gasteiger partial charge in [0.15, 0.2) is 6.29 Å². The fourth-order valence-corrected chi connectivity index (χ4v) is 6.10. The second-order valence-corrected chi connectivity index (χ2v) is 11.0. The highest BCUT2D eigenvalue weighted by molar-refractivity contribution is 6.09. The number of pyridine rings is 2. The van der Waals surface area contributed by atoms with E-state index in [1.165, 1.54) is 15.8 Å². The Morgan fingerprint density at radius 2 is 1.93 bits per heavy atom. The predicted molar refractivity (Wildman–Crippen MR) is 158 cm³/mol. The molecule has 3 aliphatic rings. The van der Waals surface area contributed by atoms with Crippen LogP contribution in [0.4, 0.5) is 11.4 Å². The second-order valence-electron chi connectivity index (χ2n) is 11.0. The molecule has 0 unspecified atom stereocenters. The van der Waals surface area contributed by atoms with Crippen LogP contribution in [0.1, 0.15) is 44.9 Å². The summed E-state index contributed by atoms with van der Waals surface area (Å²) >= 11 is 0. The van der Waals surface area contributed by atoms with Crippen molar-refractivity contribution in [1.29, 1.82) is 0 Å². The minimum atomic E-state index is -0.323. The monoisotopic (exact) mass is 554 g/mol. The molecule has 0 radical (unpaired) electrons. The fourth-order valence-electron chi connectivity index (χ4n) is 6.10. The van der Waals surface area contributed by atoms with E-state index in [0.29, 0.717) is 47.7 Å². The summed E-state index contributed by atoms with van der Waals surface area (Å²) in [6.45, 7) is 3.55. The van der Waals surface area contributed by atoms with Crippen LogP contribution in [-0.4, -0.2) is 70.3 Å². The van der Waals surface area contributed by atoms with E-state index in [2.05, 4.69) is 24.8 Å². The first-order valence-electron chi connectivity index (χ1n) is 14.0. The molecule has 1 amide bonds. The van der Waals surface area contributed by atoms with Gasteiger partial charge in [-0.3, -0.25) is 24.3 Å². The van der Waals surface area contributed by atoms with Gasteiger partial charge in [0.05, 0.1) is 11.9 Å². The molecule has 11 nitrogen and oxygen atoms in total. The van der Waals surface area contributed by atoms with Gasteiger partial charge < -0.3 is 25.1 Å². The molecule has 0 aromatic carbocycles. The highest BCUT2D eigenvalue weighted by Gasteiger charge is 2.32. The number of anilines is 1. The van der Waals surface area contributed by atoms with Crippen LogP contribution in [0.5, 0.6) is 0 Å². The number of nitrogens with two attached hydrogens (primary N) is 1. The number of amides is 1. The Morgan fingerprint density at radius 1 is 1.10 bits per heavy atom. The number of aryl methyl sites for hydroxylation is 2. The van der Waals surface area contributed by atoms with Crippen molar-refractivity contribution in [2.45, 2.75) is 32.2 Å². The number of hydrogen-bond donors (Lipinski definition) is 2. The third-order valence-electron chi connectivity index (χ3n) is 8.13. The lowest BCUT2D eigenvalue weighted by Crippen LogP contribution is -2.41. The zero-order valence-corrected chi connectivity index (χ0v) is 23.4. The molecule has 0 atom stereocenters. The Bertz CT molecular complexity index is 1660.